The number of nitrogen functional groups attached to an aromatic ring is 1. The quantitative estimate of drug-likeness (QED) is 0.731. The Kier molecular flexibility index (Phi) is 6.40. The van der Waals surface area contributed by atoms with Crippen molar-refractivity contribution in [3.63, 3.8) is 0 Å². The van der Waals surface area contributed by atoms with Crippen molar-refractivity contribution < 1.29 is 22.7 Å². The number of carbonyl (C=O) groups excluding carboxylic acids is 1. The van der Waals surface area contributed by atoms with Crippen LogP contribution in [0.1, 0.15) is 10.4 Å². The van der Waals surface area contributed by atoms with Gasteiger partial charge in [-0.05, 0) is 43.0 Å². The zero-order valence-corrected chi connectivity index (χ0v) is 16.9. The van der Waals surface area contributed by atoms with Crippen molar-refractivity contribution in [2.45, 2.75) is 6.18 Å². The fourth-order valence-corrected chi connectivity index (χ4v) is 3.35. The molecule has 1 aromatic rings. The number of rotatable bonds is 4. The number of ether oxygens (including phenoxy) is 1. The average Bonchev–Trinajstić information content (AvgIpc) is 2.70. The lowest BCUT2D eigenvalue weighted by Crippen LogP contribution is -2.42. The fraction of sp³-hybridized carbons (Fsp3) is 0.381. The van der Waals surface area contributed by atoms with E-state index in [2.05, 4.69) is 10.2 Å². The smallest absolute Gasteiger partial charge is 0.399 e. The zero-order valence-electron chi connectivity index (χ0n) is 16.9. The maximum absolute atomic E-state index is 13.7. The molecule has 1 unspecified atom stereocenters. The van der Waals surface area contributed by atoms with Gasteiger partial charge in [-0.15, -0.1) is 0 Å². The molecule has 1 heterocycles. The Bertz CT molecular complexity index is 885. The number of piperazine rings is 1. The topological polar surface area (TPSA) is 70.8 Å². The second-order valence-corrected chi connectivity index (χ2v) is 7.35. The lowest BCUT2D eigenvalue weighted by atomic mass is 9.92. The summed E-state index contributed by atoms with van der Waals surface area (Å²) in [6.45, 7) is 2.94. The summed E-state index contributed by atoms with van der Waals surface area (Å²) < 4.78 is 46.1. The van der Waals surface area contributed by atoms with E-state index in [1.807, 2.05) is 11.9 Å². The van der Waals surface area contributed by atoms with E-state index in [4.69, 9.17) is 10.5 Å². The Hall–Kier alpha value is -2.94. The molecular weight excluding hydrogens is 397 g/mol. The number of methoxy groups -OCH3 is 1. The van der Waals surface area contributed by atoms with E-state index < -0.39 is 18.0 Å². The molecular formula is C21H25F3N4O2. The second kappa shape index (κ2) is 8.83. The van der Waals surface area contributed by atoms with Gasteiger partial charge in [0.15, 0.2) is 0 Å². The van der Waals surface area contributed by atoms with Crippen molar-refractivity contribution in [1.29, 1.82) is 0 Å². The summed E-state index contributed by atoms with van der Waals surface area (Å²) in [4.78, 5) is 16.5. The molecule has 2 aliphatic rings. The number of nitrogens with one attached hydrogen (secondary N) is 1. The number of likely N-dealkylation sites (N-methyl/N-ethyl adjacent to an activating group) is 1. The highest BCUT2D eigenvalue weighted by Gasteiger charge is 2.41. The molecule has 162 valence electrons. The first-order chi connectivity index (χ1) is 14.2. The molecule has 0 radical (unpaired) electrons. The number of hydrogen-bond acceptors (Lipinski definition) is 5. The van der Waals surface area contributed by atoms with Gasteiger partial charge in [0.25, 0.3) is 5.91 Å². The number of allylic oxidation sites excluding steroid dienone is 4. The molecule has 9 heteroatoms. The molecule has 1 aromatic carbocycles. The molecule has 1 amide bonds. The molecule has 1 aliphatic heterocycles. The van der Waals surface area contributed by atoms with E-state index in [0.717, 1.165) is 19.2 Å². The maximum atomic E-state index is 13.7. The molecule has 0 saturated carbocycles. The molecule has 0 bridgehead atoms. The van der Waals surface area contributed by atoms with E-state index in [1.54, 1.807) is 6.20 Å². The first-order valence-electron chi connectivity index (χ1n) is 9.53. The van der Waals surface area contributed by atoms with E-state index in [1.165, 1.54) is 37.5 Å². The number of nitrogens with two attached hydrogens (primary N) is 1. The number of anilines is 1. The molecule has 6 nitrogen and oxygen atoms in total. The summed E-state index contributed by atoms with van der Waals surface area (Å²) in [6.07, 6.45) is 1.03. The first-order valence-corrected chi connectivity index (χ1v) is 9.53. The molecule has 0 aromatic heterocycles. The highest BCUT2D eigenvalue weighted by Crippen LogP contribution is 2.37. The van der Waals surface area contributed by atoms with Gasteiger partial charge in [-0.2, -0.15) is 13.2 Å². The first kappa shape index (κ1) is 21.8. The lowest BCUT2D eigenvalue weighted by molar-refractivity contribution is -0.151. The molecule has 30 heavy (non-hydrogen) atoms. The van der Waals surface area contributed by atoms with Crippen LogP contribution in [0.25, 0.3) is 0 Å². The van der Waals surface area contributed by atoms with Gasteiger partial charge in [0.05, 0.1) is 12.8 Å². The van der Waals surface area contributed by atoms with Crippen LogP contribution < -0.4 is 15.8 Å². The maximum Gasteiger partial charge on any atom is 0.399 e. The van der Waals surface area contributed by atoms with Crippen molar-refractivity contribution in [3.05, 3.63) is 59.5 Å². The molecule has 0 spiro atoms. The van der Waals surface area contributed by atoms with Gasteiger partial charge in [0.1, 0.15) is 11.7 Å². The van der Waals surface area contributed by atoms with Gasteiger partial charge >= 0.3 is 6.18 Å². The third-order valence-electron chi connectivity index (χ3n) is 5.13. The Morgan fingerprint density at radius 3 is 2.53 bits per heavy atom. The predicted molar refractivity (Wildman–Crippen MR) is 109 cm³/mol. The van der Waals surface area contributed by atoms with Crippen LogP contribution >= 0.6 is 0 Å². The second-order valence-electron chi connectivity index (χ2n) is 7.35. The Labute approximate surface area is 173 Å². The highest BCUT2D eigenvalue weighted by atomic mass is 19.4. The van der Waals surface area contributed by atoms with Crippen LogP contribution in [0.5, 0.6) is 5.75 Å². The van der Waals surface area contributed by atoms with Crippen LogP contribution in [0.15, 0.2) is 53.9 Å². The van der Waals surface area contributed by atoms with Gasteiger partial charge in [-0.1, -0.05) is 6.08 Å². The van der Waals surface area contributed by atoms with Crippen LogP contribution in [0.3, 0.4) is 0 Å². The number of carbonyl (C=O) groups is 1. The summed E-state index contributed by atoms with van der Waals surface area (Å²) in [7, 11) is 3.44. The Balaban J connectivity index is 1.76. The molecule has 3 N–H and O–H groups in total. The number of alkyl halides is 3. The van der Waals surface area contributed by atoms with Crippen molar-refractivity contribution in [3.8, 4) is 5.75 Å². The third-order valence-corrected chi connectivity index (χ3v) is 5.13. The number of hydrogen-bond donors (Lipinski definition) is 2. The minimum Gasteiger partial charge on any atom is -0.495 e. The van der Waals surface area contributed by atoms with Crippen molar-refractivity contribution >= 4 is 11.6 Å². The zero-order chi connectivity index (χ0) is 21.9. The van der Waals surface area contributed by atoms with Crippen molar-refractivity contribution in [2.24, 2.45) is 5.92 Å². The summed E-state index contributed by atoms with van der Waals surface area (Å²) in [5, 5.41) is 2.52. The summed E-state index contributed by atoms with van der Waals surface area (Å²) in [5.41, 5.74) is 6.54. The van der Waals surface area contributed by atoms with E-state index in [0.29, 0.717) is 18.8 Å². The van der Waals surface area contributed by atoms with Gasteiger partial charge in [0.2, 0.25) is 0 Å². The predicted octanol–water partition coefficient (Wildman–Crippen LogP) is 2.77. The van der Waals surface area contributed by atoms with E-state index >= 15 is 0 Å². The normalized spacial score (nSPS) is 21.5. The summed E-state index contributed by atoms with van der Waals surface area (Å²) >= 11 is 0. The standard InChI is InChI=1S/C21H25F3N4O2/c1-27-7-9-28(10-8-27)13-15-3-5-16(12-17(15)21(22,23)24)26-20(29)14-4-6-19(30-2)18(25)11-14/h3-6,11-13,17H,7-10,25H2,1-2H3,(H,26,29). The third kappa shape index (κ3) is 5.15. The van der Waals surface area contributed by atoms with Gasteiger partial charge < -0.3 is 25.6 Å². The van der Waals surface area contributed by atoms with Crippen molar-refractivity contribution in [1.82, 2.24) is 15.1 Å². The van der Waals surface area contributed by atoms with Crippen LogP contribution in [-0.4, -0.2) is 62.2 Å². The number of benzene rings is 1. The molecule has 3 rings (SSSR count). The number of halogens is 3. The van der Waals surface area contributed by atoms with Crippen LogP contribution in [0.2, 0.25) is 0 Å². The lowest BCUT2D eigenvalue weighted by Gasteiger charge is -2.33. The van der Waals surface area contributed by atoms with Crippen molar-refractivity contribution in [2.75, 3.05) is 46.1 Å². The monoisotopic (exact) mass is 422 g/mol. The Morgan fingerprint density at radius 1 is 1.23 bits per heavy atom. The largest absolute Gasteiger partial charge is 0.495 e. The SMILES string of the molecule is COc1ccc(C(=O)NC2=CC(C(F)(F)F)C(=CN3CCN(C)CC3)C=C2)cc1N. The minimum absolute atomic E-state index is 0.0900. The number of amides is 1. The molecule has 1 atom stereocenters. The fourth-order valence-electron chi connectivity index (χ4n) is 3.35. The summed E-state index contributed by atoms with van der Waals surface area (Å²) in [6, 6.07) is 4.45. The van der Waals surface area contributed by atoms with Crippen LogP contribution in [-0.2, 0) is 0 Å². The van der Waals surface area contributed by atoms with E-state index in [9.17, 15) is 18.0 Å². The highest BCUT2D eigenvalue weighted by molar-refractivity contribution is 5.96. The minimum atomic E-state index is -4.47. The van der Waals surface area contributed by atoms with E-state index in [-0.39, 0.29) is 22.5 Å². The Morgan fingerprint density at radius 2 is 1.93 bits per heavy atom. The average molecular weight is 422 g/mol. The van der Waals surface area contributed by atoms with Gasteiger partial charge in [-0.3, -0.25) is 4.79 Å². The molecule has 1 aliphatic carbocycles. The van der Waals surface area contributed by atoms with Crippen LogP contribution in [0.4, 0.5) is 18.9 Å². The number of nitrogens with zero attached hydrogens (tertiary/aromatic N) is 2. The van der Waals surface area contributed by atoms with Gasteiger partial charge in [0, 0.05) is 43.6 Å². The van der Waals surface area contributed by atoms with Gasteiger partial charge in [-0.25, -0.2) is 0 Å². The molecule has 1 fully saturated rings. The molecule has 1 saturated heterocycles. The summed E-state index contributed by atoms with van der Waals surface area (Å²) in [5.74, 6) is -1.93. The van der Waals surface area contributed by atoms with Crippen LogP contribution in [0, 0.1) is 5.92 Å².